The molecule has 3 aromatic carbocycles. The Labute approximate surface area is 183 Å². The topological polar surface area (TPSA) is 88.5 Å². The molecule has 4 rings (SSSR count). The molecule has 0 spiro atoms. The van der Waals surface area contributed by atoms with Crippen molar-refractivity contribution in [3.63, 3.8) is 0 Å². The third-order valence-electron chi connectivity index (χ3n) is 5.09. The first kappa shape index (κ1) is 20.8. The van der Waals surface area contributed by atoms with Gasteiger partial charge in [0.2, 0.25) is 0 Å². The number of rotatable bonds is 8. The molecule has 0 saturated heterocycles. The van der Waals surface area contributed by atoms with Gasteiger partial charge in [-0.1, -0.05) is 49.4 Å². The first-order valence-corrected chi connectivity index (χ1v) is 10.8. The average molecular weight is 435 g/mol. The van der Waals surface area contributed by atoms with Crippen LogP contribution in [0.4, 0.5) is 0 Å². The normalized spacial score (nSPS) is 12.0. The maximum atomic E-state index is 12.9. The predicted octanol–water partition coefficient (Wildman–Crippen LogP) is 4.87. The molecular formula is C24H22N2O4S. The lowest BCUT2D eigenvalue weighted by Gasteiger charge is -2.14. The Morgan fingerprint density at radius 2 is 1.87 bits per heavy atom. The summed E-state index contributed by atoms with van der Waals surface area (Å²) in [7, 11) is 0. The highest BCUT2D eigenvalue weighted by Crippen LogP contribution is 2.31. The fourth-order valence-electron chi connectivity index (χ4n) is 3.31. The number of carboxylic acids is 1. The summed E-state index contributed by atoms with van der Waals surface area (Å²) in [6, 6.07) is 19.3. The van der Waals surface area contributed by atoms with Crippen LogP contribution in [0.5, 0.6) is 5.75 Å². The Kier molecular flexibility index (Phi) is 6.13. The molecule has 0 saturated carbocycles. The number of hydrogen-bond acceptors (Lipinski definition) is 5. The van der Waals surface area contributed by atoms with Gasteiger partial charge in [0, 0.05) is 11.9 Å². The molecule has 0 aliphatic carbocycles. The molecule has 0 aliphatic rings. The van der Waals surface area contributed by atoms with E-state index < -0.39 is 11.9 Å². The average Bonchev–Trinajstić information content (AvgIpc) is 3.20. The standard InChI is InChI=1S/C24H22N2O4S/c1-15(24(28)29)12-13-25-23(27)18-11-10-16-6-2-3-7-17(16)22(18)30-14-21-26-19-8-4-5-9-20(19)31-21/h2-11,15H,12-14H2,1H3,(H,25,27)(H,28,29). The largest absolute Gasteiger partial charge is 0.485 e. The van der Waals surface area contributed by atoms with Crippen LogP contribution < -0.4 is 10.1 Å². The van der Waals surface area contributed by atoms with E-state index in [1.54, 1.807) is 24.3 Å². The number of amides is 1. The van der Waals surface area contributed by atoms with Crippen molar-refractivity contribution in [1.29, 1.82) is 0 Å². The number of carboxylic acid groups (broad SMARTS) is 1. The summed E-state index contributed by atoms with van der Waals surface area (Å²) in [4.78, 5) is 28.5. The van der Waals surface area contributed by atoms with E-state index in [1.807, 2.05) is 54.6 Å². The molecule has 7 heteroatoms. The summed E-state index contributed by atoms with van der Waals surface area (Å²) >= 11 is 1.56. The highest BCUT2D eigenvalue weighted by atomic mass is 32.1. The van der Waals surface area contributed by atoms with Crippen LogP contribution in [0, 0.1) is 5.92 Å². The summed E-state index contributed by atoms with van der Waals surface area (Å²) in [5, 5.41) is 14.5. The molecule has 1 unspecified atom stereocenters. The molecule has 1 aromatic heterocycles. The van der Waals surface area contributed by atoms with Crippen molar-refractivity contribution in [3.05, 3.63) is 71.2 Å². The van der Waals surface area contributed by atoms with Crippen molar-refractivity contribution in [2.75, 3.05) is 6.54 Å². The number of carbonyl (C=O) groups is 2. The van der Waals surface area contributed by atoms with E-state index in [-0.39, 0.29) is 19.1 Å². The van der Waals surface area contributed by atoms with Gasteiger partial charge in [-0.25, -0.2) is 4.98 Å². The molecule has 4 aromatic rings. The van der Waals surface area contributed by atoms with Crippen molar-refractivity contribution in [2.24, 2.45) is 5.92 Å². The Hall–Kier alpha value is -3.45. The van der Waals surface area contributed by atoms with Gasteiger partial charge < -0.3 is 15.2 Å². The van der Waals surface area contributed by atoms with E-state index >= 15 is 0 Å². The maximum absolute atomic E-state index is 12.9. The van der Waals surface area contributed by atoms with E-state index in [2.05, 4.69) is 10.3 Å². The van der Waals surface area contributed by atoms with Gasteiger partial charge in [-0.15, -0.1) is 11.3 Å². The van der Waals surface area contributed by atoms with Crippen molar-refractivity contribution in [2.45, 2.75) is 20.0 Å². The zero-order valence-corrected chi connectivity index (χ0v) is 17.8. The van der Waals surface area contributed by atoms with E-state index in [0.717, 1.165) is 26.0 Å². The smallest absolute Gasteiger partial charge is 0.306 e. The number of para-hydroxylation sites is 1. The third kappa shape index (κ3) is 4.67. The van der Waals surface area contributed by atoms with Crippen molar-refractivity contribution >= 4 is 44.2 Å². The van der Waals surface area contributed by atoms with Crippen molar-refractivity contribution in [1.82, 2.24) is 10.3 Å². The van der Waals surface area contributed by atoms with Crippen LogP contribution in [0.15, 0.2) is 60.7 Å². The van der Waals surface area contributed by atoms with Crippen LogP contribution in [-0.2, 0) is 11.4 Å². The summed E-state index contributed by atoms with van der Waals surface area (Å²) in [5.41, 5.74) is 1.34. The molecule has 31 heavy (non-hydrogen) atoms. The quantitative estimate of drug-likeness (QED) is 0.413. The molecule has 1 atom stereocenters. The lowest BCUT2D eigenvalue weighted by atomic mass is 10.0. The summed E-state index contributed by atoms with van der Waals surface area (Å²) < 4.78 is 7.23. The number of nitrogens with one attached hydrogen (secondary N) is 1. The highest BCUT2D eigenvalue weighted by Gasteiger charge is 2.18. The molecule has 0 radical (unpaired) electrons. The van der Waals surface area contributed by atoms with Gasteiger partial charge in [-0.05, 0) is 30.0 Å². The summed E-state index contributed by atoms with van der Waals surface area (Å²) in [6.45, 7) is 2.15. The second-order valence-corrected chi connectivity index (χ2v) is 8.43. The zero-order chi connectivity index (χ0) is 21.8. The first-order chi connectivity index (χ1) is 15.0. The minimum absolute atomic E-state index is 0.254. The van der Waals surface area contributed by atoms with Gasteiger partial charge in [0.15, 0.2) is 0 Å². The minimum Gasteiger partial charge on any atom is -0.485 e. The minimum atomic E-state index is -0.875. The van der Waals surface area contributed by atoms with Crippen LogP contribution in [0.2, 0.25) is 0 Å². The first-order valence-electron chi connectivity index (χ1n) is 10.0. The number of aromatic nitrogens is 1. The Bertz CT molecular complexity index is 1220. The fourth-order valence-corrected chi connectivity index (χ4v) is 4.19. The van der Waals surface area contributed by atoms with Gasteiger partial charge in [0.1, 0.15) is 17.4 Å². The number of fused-ring (bicyclic) bond motifs is 2. The molecule has 1 amide bonds. The van der Waals surface area contributed by atoms with Gasteiger partial charge in [0.05, 0.1) is 21.7 Å². The molecule has 0 aliphatic heterocycles. The highest BCUT2D eigenvalue weighted by molar-refractivity contribution is 7.18. The number of benzene rings is 3. The summed E-state index contributed by atoms with van der Waals surface area (Å²) in [6.07, 6.45) is 0.358. The van der Waals surface area contributed by atoms with Crippen molar-refractivity contribution < 1.29 is 19.4 Å². The lowest BCUT2D eigenvalue weighted by molar-refractivity contribution is -0.141. The number of hydrogen-bond donors (Lipinski definition) is 2. The van der Waals surface area contributed by atoms with E-state index in [1.165, 1.54) is 0 Å². The van der Waals surface area contributed by atoms with Gasteiger partial charge in [-0.3, -0.25) is 9.59 Å². The SMILES string of the molecule is CC(CCNC(=O)c1ccc2ccccc2c1OCc1nc2ccccc2s1)C(=O)O. The second-order valence-electron chi connectivity index (χ2n) is 7.31. The Morgan fingerprint density at radius 1 is 1.10 bits per heavy atom. The predicted molar refractivity (Wildman–Crippen MR) is 122 cm³/mol. The molecule has 158 valence electrons. The molecule has 6 nitrogen and oxygen atoms in total. The van der Waals surface area contributed by atoms with Crippen LogP contribution in [-0.4, -0.2) is 28.5 Å². The van der Waals surface area contributed by atoms with Crippen molar-refractivity contribution in [3.8, 4) is 5.75 Å². The number of aliphatic carboxylic acids is 1. The van der Waals surface area contributed by atoms with Gasteiger partial charge in [0.25, 0.3) is 5.91 Å². The molecule has 2 N–H and O–H groups in total. The van der Waals surface area contributed by atoms with E-state index in [4.69, 9.17) is 9.84 Å². The fraction of sp³-hybridized carbons (Fsp3) is 0.208. The second kappa shape index (κ2) is 9.14. The molecule has 0 fully saturated rings. The monoisotopic (exact) mass is 434 g/mol. The number of thiazole rings is 1. The van der Waals surface area contributed by atoms with Crippen LogP contribution in [0.25, 0.3) is 21.0 Å². The lowest BCUT2D eigenvalue weighted by Crippen LogP contribution is -2.27. The van der Waals surface area contributed by atoms with Crippen LogP contribution in [0.1, 0.15) is 28.7 Å². The zero-order valence-electron chi connectivity index (χ0n) is 17.0. The molecule has 0 bridgehead atoms. The van der Waals surface area contributed by atoms with Crippen LogP contribution >= 0.6 is 11.3 Å². The molecule has 1 heterocycles. The van der Waals surface area contributed by atoms with Crippen LogP contribution in [0.3, 0.4) is 0 Å². The Balaban J connectivity index is 1.57. The third-order valence-corrected chi connectivity index (χ3v) is 6.10. The molecular weight excluding hydrogens is 412 g/mol. The van der Waals surface area contributed by atoms with Gasteiger partial charge >= 0.3 is 5.97 Å². The van der Waals surface area contributed by atoms with Gasteiger partial charge in [-0.2, -0.15) is 0 Å². The number of carbonyl (C=O) groups excluding carboxylic acids is 1. The maximum Gasteiger partial charge on any atom is 0.306 e. The Morgan fingerprint density at radius 3 is 2.68 bits per heavy atom. The van der Waals surface area contributed by atoms with E-state index in [9.17, 15) is 9.59 Å². The number of ether oxygens (including phenoxy) is 1. The van der Waals surface area contributed by atoms with E-state index in [0.29, 0.717) is 17.7 Å². The summed E-state index contributed by atoms with van der Waals surface area (Å²) in [5.74, 6) is -1.18. The number of nitrogens with zero attached hydrogens (tertiary/aromatic N) is 1.